The molecule has 124 valence electrons. The summed E-state index contributed by atoms with van der Waals surface area (Å²) in [5.41, 5.74) is 3.26. The SMILES string of the molecule is COc1ccc(OC)c(/C=C(/C#N)c2ccc(-n3cccc3)cc2)c1. The molecule has 0 aliphatic heterocycles. The summed E-state index contributed by atoms with van der Waals surface area (Å²) in [6, 6.07) is 19.6. The van der Waals surface area contributed by atoms with Crippen LogP contribution in [0.25, 0.3) is 17.3 Å². The highest BCUT2D eigenvalue weighted by atomic mass is 16.5. The van der Waals surface area contributed by atoms with Crippen LogP contribution in [0.1, 0.15) is 11.1 Å². The molecule has 2 aromatic carbocycles. The molecule has 0 N–H and O–H groups in total. The fraction of sp³-hybridized carbons (Fsp3) is 0.0952. The number of rotatable bonds is 5. The van der Waals surface area contributed by atoms with Gasteiger partial charge in [0.1, 0.15) is 11.5 Å². The molecule has 25 heavy (non-hydrogen) atoms. The second kappa shape index (κ2) is 7.41. The third kappa shape index (κ3) is 3.56. The van der Waals surface area contributed by atoms with Crippen LogP contribution in [-0.2, 0) is 0 Å². The average molecular weight is 330 g/mol. The minimum absolute atomic E-state index is 0.561. The molecule has 4 nitrogen and oxygen atoms in total. The molecular formula is C21H18N2O2. The summed E-state index contributed by atoms with van der Waals surface area (Å²) in [5, 5.41) is 9.59. The van der Waals surface area contributed by atoms with E-state index in [0.717, 1.165) is 16.8 Å². The summed E-state index contributed by atoms with van der Waals surface area (Å²) in [6.45, 7) is 0. The molecule has 0 saturated heterocycles. The van der Waals surface area contributed by atoms with E-state index in [-0.39, 0.29) is 0 Å². The van der Waals surface area contributed by atoms with Gasteiger partial charge < -0.3 is 14.0 Å². The maximum absolute atomic E-state index is 9.59. The molecule has 0 spiro atoms. The monoisotopic (exact) mass is 330 g/mol. The summed E-state index contributed by atoms with van der Waals surface area (Å²) in [7, 11) is 3.22. The van der Waals surface area contributed by atoms with E-state index in [4.69, 9.17) is 9.47 Å². The lowest BCUT2D eigenvalue weighted by molar-refractivity contribution is 0.402. The van der Waals surface area contributed by atoms with E-state index in [2.05, 4.69) is 6.07 Å². The summed E-state index contributed by atoms with van der Waals surface area (Å²) in [6.07, 6.45) is 5.78. The summed E-state index contributed by atoms with van der Waals surface area (Å²) in [5.74, 6) is 1.41. The average Bonchev–Trinajstić information content (AvgIpc) is 3.21. The van der Waals surface area contributed by atoms with Crippen LogP contribution in [0.2, 0.25) is 0 Å². The van der Waals surface area contributed by atoms with Gasteiger partial charge in [0.15, 0.2) is 0 Å². The van der Waals surface area contributed by atoms with Gasteiger partial charge in [0.2, 0.25) is 0 Å². The first-order valence-electron chi connectivity index (χ1n) is 7.83. The van der Waals surface area contributed by atoms with Crippen molar-refractivity contribution in [1.82, 2.24) is 4.57 Å². The van der Waals surface area contributed by atoms with E-state index in [0.29, 0.717) is 17.1 Å². The molecule has 3 aromatic rings. The number of benzene rings is 2. The van der Waals surface area contributed by atoms with E-state index in [1.54, 1.807) is 14.2 Å². The number of nitrogens with zero attached hydrogens (tertiary/aromatic N) is 2. The molecule has 1 aromatic heterocycles. The standard InChI is InChI=1S/C21H18N2O2/c1-24-20-9-10-21(25-2)17(14-20)13-18(15-22)16-5-7-19(8-6-16)23-11-3-4-12-23/h3-14H,1-2H3/b18-13-. The van der Waals surface area contributed by atoms with Gasteiger partial charge in [0, 0.05) is 23.6 Å². The van der Waals surface area contributed by atoms with Gasteiger partial charge >= 0.3 is 0 Å². The van der Waals surface area contributed by atoms with Crippen LogP contribution < -0.4 is 9.47 Å². The molecule has 1 heterocycles. The van der Waals surface area contributed by atoms with Crippen molar-refractivity contribution in [3.05, 3.63) is 78.1 Å². The van der Waals surface area contributed by atoms with Crippen LogP contribution in [-0.4, -0.2) is 18.8 Å². The van der Waals surface area contributed by atoms with Gasteiger partial charge in [-0.1, -0.05) is 12.1 Å². The molecule has 0 aliphatic rings. The number of hydrogen-bond donors (Lipinski definition) is 0. The highest BCUT2D eigenvalue weighted by Gasteiger charge is 2.07. The molecule has 0 atom stereocenters. The van der Waals surface area contributed by atoms with Crippen LogP contribution >= 0.6 is 0 Å². The highest BCUT2D eigenvalue weighted by Crippen LogP contribution is 2.28. The fourth-order valence-electron chi connectivity index (χ4n) is 2.61. The second-order valence-electron chi connectivity index (χ2n) is 5.41. The minimum Gasteiger partial charge on any atom is -0.497 e. The van der Waals surface area contributed by atoms with Gasteiger partial charge in [-0.2, -0.15) is 5.26 Å². The topological polar surface area (TPSA) is 47.2 Å². The normalized spacial score (nSPS) is 11.0. The van der Waals surface area contributed by atoms with Gasteiger partial charge in [0.05, 0.1) is 25.9 Å². The van der Waals surface area contributed by atoms with Crippen LogP contribution in [0.4, 0.5) is 0 Å². The maximum atomic E-state index is 9.59. The van der Waals surface area contributed by atoms with Crippen LogP contribution in [0.5, 0.6) is 11.5 Å². The number of allylic oxidation sites excluding steroid dienone is 1. The molecule has 0 radical (unpaired) electrons. The van der Waals surface area contributed by atoms with Crippen molar-refractivity contribution in [2.75, 3.05) is 14.2 Å². The first-order valence-corrected chi connectivity index (χ1v) is 7.83. The Morgan fingerprint density at radius 3 is 2.32 bits per heavy atom. The molecule has 3 rings (SSSR count). The maximum Gasteiger partial charge on any atom is 0.126 e. The fourth-order valence-corrected chi connectivity index (χ4v) is 2.61. The summed E-state index contributed by atoms with van der Waals surface area (Å²) >= 11 is 0. The van der Waals surface area contributed by atoms with Crippen molar-refractivity contribution in [2.45, 2.75) is 0 Å². The molecule has 0 fully saturated rings. The third-order valence-electron chi connectivity index (χ3n) is 3.94. The number of aromatic nitrogens is 1. The molecular weight excluding hydrogens is 312 g/mol. The Bertz CT molecular complexity index is 918. The Balaban J connectivity index is 1.97. The number of hydrogen-bond acceptors (Lipinski definition) is 3. The Morgan fingerprint density at radius 1 is 1.00 bits per heavy atom. The Labute approximate surface area is 147 Å². The molecule has 0 bridgehead atoms. The Kier molecular flexibility index (Phi) is 4.87. The lowest BCUT2D eigenvalue weighted by atomic mass is 10.0. The predicted octanol–water partition coefficient (Wildman–Crippen LogP) is 4.56. The van der Waals surface area contributed by atoms with Crippen molar-refractivity contribution < 1.29 is 9.47 Å². The number of methoxy groups -OCH3 is 2. The molecule has 0 saturated carbocycles. The largest absolute Gasteiger partial charge is 0.497 e. The smallest absolute Gasteiger partial charge is 0.126 e. The summed E-state index contributed by atoms with van der Waals surface area (Å²) < 4.78 is 12.7. The van der Waals surface area contributed by atoms with Crippen molar-refractivity contribution in [1.29, 1.82) is 5.26 Å². The molecule has 0 amide bonds. The molecule has 0 unspecified atom stereocenters. The van der Waals surface area contributed by atoms with E-state index in [9.17, 15) is 5.26 Å². The van der Waals surface area contributed by atoms with Gasteiger partial charge in [0.25, 0.3) is 0 Å². The lowest BCUT2D eigenvalue weighted by Crippen LogP contribution is -1.92. The van der Waals surface area contributed by atoms with Crippen molar-refractivity contribution in [3.63, 3.8) is 0 Å². The molecule has 4 heteroatoms. The van der Waals surface area contributed by atoms with Gasteiger partial charge in [-0.15, -0.1) is 0 Å². The van der Waals surface area contributed by atoms with E-state index in [1.165, 1.54) is 0 Å². The highest BCUT2D eigenvalue weighted by molar-refractivity contribution is 5.91. The Morgan fingerprint density at radius 2 is 1.72 bits per heavy atom. The first kappa shape index (κ1) is 16.4. The van der Waals surface area contributed by atoms with E-state index >= 15 is 0 Å². The second-order valence-corrected chi connectivity index (χ2v) is 5.41. The van der Waals surface area contributed by atoms with E-state index < -0.39 is 0 Å². The Hall–Kier alpha value is -3.45. The van der Waals surface area contributed by atoms with Gasteiger partial charge in [-0.3, -0.25) is 0 Å². The number of nitriles is 1. The first-order chi connectivity index (χ1) is 12.2. The molecule has 0 aliphatic carbocycles. The zero-order valence-corrected chi connectivity index (χ0v) is 14.1. The van der Waals surface area contributed by atoms with Gasteiger partial charge in [-0.25, -0.2) is 0 Å². The predicted molar refractivity (Wildman–Crippen MR) is 98.8 cm³/mol. The lowest BCUT2D eigenvalue weighted by Gasteiger charge is -2.09. The van der Waals surface area contributed by atoms with Crippen molar-refractivity contribution in [2.24, 2.45) is 0 Å². The van der Waals surface area contributed by atoms with Crippen LogP contribution in [0.3, 0.4) is 0 Å². The zero-order chi connectivity index (χ0) is 17.6. The zero-order valence-electron chi connectivity index (χ0n) is 14.1. The van der Waals surface area contributed by atoms with Crippen LogP contribution in [0, 0.1) is 11.3 Å². The van der Waals surface area contributed by atoms with Crippen LogP contribution in [0.15, 0.2) is 67.0 Å². The summed E-state index contributed by atoms with van der Waals surface area (Å²) in [4.78, 5) is 0. The van der Waals surface area contributed by atoms with E-state index in [1.807, 2.05) is 77.6 Å². The third-order valence-corrected chi connectivity index (χ3v) is 3.94. The quantitative estimate of drug-likeness (QED) is 0.509. The van der Waals surface area contributed by atoms with Gasteiger partial charge in [-0.05, 0) is 54.1 Å². The minimum atomic E-state index is 0.561. The van der Waals surface area contributed by atoms with Crippen molar-refractivity contribution in [3.8, 4) is 23.3 Å². The van der Waals surface area contributed by atoms with Crippen molar-refractivity contribution >= 4 is 11.6 Å². The number of ether oxygens (including phenoxy) is 2.